The summed E-state index contributed by atoms with van der Waals surface area (Å²) in [7, 11) is 1.79. The SMILES string of the molecule is CC(C)(C)C1CCc2ccn(SI)c2C1. The zero-order valence-corrected chi connectivity index (χ0v) is 12.6. The maximum Gasteiger partial charge on any atom is 0.0335 e. The van der Waals surface area contributed by atoms with Crippen molar-refractivity contribution < 1.29 is 0 Å². The third kappa shape index (κ3) is 2.38. The van der Waals surface area contributed by atoms with Gasteiger partial charge in [0.25, 0.3) is 0 Å². The first-order valence-electron chi connectivity index (χ1n) is 5.50. The molecule has 3 heteroatoms. The highest BCUT2D eigenvalue weighted by atomic mass is 127. The summed E-state index contributed by atoms with van der Waals surface area (Å²) in [6, 6.07) is 2.29. The van der Waals surface area contributed by atoms with Crippen LogP contribution in [0.2, 0.25) is 0 Å². The van der Waals surface area contributed by atoms with E-state index in [1.54, 1.807) is 20.4 Å². The molecule has 0 aromatic carbocycles. The Morgan fingerprint density at radius 1 is 1.47 bits per heavy atom. The van der Waals surface area contributed by atoms with Crippen molar-refractivity contribution in [2.45, 2.75) is 40.0 Å². The first-order valence-corrected chi connectivity index (χ1v) is 8.82. The Morgan fingerprint density at radius 3 is 2.80 bits per heavy atom. The first-order chi connectivity index (χ1) is 7.02. The van der Waals surface area contributed by atoms with Gasteiger partial charge in [-0.2, -0.15) is 0 Å². The van der Waals surface area contributed by atoms with Crippen molar-refractivity contribution in [3.05, 3.63) is 23.5 Å². The molecule has 1 aromatic heterocycles. The number of aryl methyl sites for hydroxylation is 1. The van der Waals surface area contributed by atoms with Crippen LogP contribution in [0.5, 0.6) is 0 Å². The highest BCUT2D eigenvalue weighted by Gasteiger charge is 2.30. The van der Waals surface area contributed by atoms with Crippen LogP contribution >= 0.6 is 30.3 Å². The summed E-state index contributed by atoms with van der Waals surface area (Å²) in [5.74, 6) is 0.835. The quantitative estimate of drug-likeness (QED) is 0.685. The lowest BCUT2D eigenvalue weighted by Gasteiger charge is -2.34. The Kier molecular flexibility index (Phi) is 3.41. The summed E-state index contributed by atoms with van der Waals surface area (Å²) >= 11 is 2.36. The van der Waals surface area contributed by atoms with E-state index in [9.17, 15) is 0 Å². The molecule has 0 radical (unpaired) electrons. The number of halogens is 1. The van der Waals surface area contributed by atoms with Crippen molar-refractivity contribution in [1.82, 2.24) is 3.97 Å². The van der Waals surface area contributed by atoms with Gasteiger partial charge in [-0.3, -0.25) is 3.97 Å². The topological polar surface area (TPSA) is 4.93 Å². The fraction of sp³-hybridized carbons (Fsp3) is 0.667. The van der Waals surface area contributed by atoms with E-state index in [0.717, 1.165) is 5.92 Å². The fourth-order valence-electron chi connectivity index (χ4n) is 2.40. The molecule has 0 saturated heterocycles. The van der Waals surface area contributed by atoms with E-state index in [0.29, 0.717) is 5.41 Å². The summed E-state index contributed by atoms with van der Waals surface area (Å²) in [5.41, 5.74) is 3.57. The van der Waals surface area contributed by atoms with Crippen molar-refractivity contribution in [3.63, 3.8) is 0 Å². The van der Waals surface area contributed by atoms with Crippen LogP contribution in [-0.4, -0.2) is 3.97 Å². The Morgan fingerprint density at radius 2 is 2.20 bits per heavy atom. The second-order valence-corrected chi connectivity index (χ2v) is 7.20. The first kappa shape index (κ1) is 11.8. The van der Waals surface area contributed by atoms with Crippen LogP contribution in [0, 0.1) is 11.3 Å². The van der Waals surface area contributed by atoms with Crippen LogP contribution in [0.3, 0.4) is 0 Å². The highest BCUT2D eigenvalue weighted by Crippen LogP contribution is 2.38. The smallest absolute Gasteiger partial charge is 0.0335 e. The molecule has 1 unspecified atom stereocenters. The molecule has 1 aromatic rings. The van der Waals surface area contributed by atoms with Crippen molar-refractivity contribution >= 4 is 30.3 Å². The molecular weight excluding hydrogens is 317 g/mol. The standard InChI is InChI=1S/C12H18INS/c1-12(2,3)10-5-4-9-6-7-14(15-13)11(9)8-10/h6-7,10H,4-5,8H2,1-3H3. The maximum atomic E-state index is 2.37. The lowest BCUT2D eigenvalue weighted by atomic mass is 9.72. The summed E-state index contributed by atoms with van der Waals surface area (Å²) < 4.78 is 2.33. The van der Waals surface area contributed by atoms with Crippen LogP contribution in [0.15, 0.2) is 12.3 Å². The normalized spacial score (nSPS) is 21.5. The van der Waals surface area contributed by atoms with E-state index in [1.165, 1.54) is 19.3 Å². The number of rotatable bonds is 1. The molecule has 0 saturated carbocycles. The molecule has 2 rings (SSSR count). The highest BCUT2D eigenvalue weighted by molar-refractivity contribution is 14.2. The third-order valence-corrected chi connectivity index (χ3v) is 5.31. The number of hydrogen-bond donors (Lipinski definition) is 0. The molecule has 1 heterocycles. The maximum absolute atomic E-state index is 2.37. The van der Waals surface area contributed by atoms with Gasteiger partial charge in [-0.25, -0.2) is 0 Å². The average molecular weight is 335 g/mol. The van der Waals surface area contributed by atoms with Gasteiger partial charge in [0.05, 0.1) is 0 Å². The van der Waals surface area contributed by atoms with E-state index in [2.05, 4.69) is 58.2 Å². The number of nitrogens with zero attached hydrogens (tertiary/aromatic N) is 1. The molecule has 0 amide bonds. The molecule has 0 fully saturated rings. The molecule has 1 nitrogen and oxygen atoms in total. The lowest BCUT2D eigenvalue weighted by molar-refractivity contribution is 0.214. The van der Waals surface area contributed by atoms with Crippen molar-refractivity contribution in [3.8, 4) is 0 Å². The molecule has 84 valence electrons. The van der Waals surface area contributed by atoms with E-state index in [4.69, 9.17) is 0 Å². The molecule has 0 N–H and O–H groups in total. The van der Waals surface area contributed by atoms with Crippen LogP contribution in [0.25, 0.3) is 0 Å². The molecular formula is C12H18INS. The van der Waals surface area contributed by atoms with Crippen LogP contribution < -0.4 is 0 Å². The molecule has 1 aliphatic rings. The van der Waals surface area contributed by atoms with E-state index in [1.807, 2.05) is 0 Å². The van der Waals surface area contributed by atoms with Gasteiger partial charge < -0.3 is 0 Å². The summed E-state index contributed by atoms with van der Waals surface area (Å²) in [5, 5.41) is 0. The van der Waals surface area contributed by atoms with Crippen molar-refractivity contribution in [2.24, 2.45) is 11.3 Å². The van der Waals surface area contributed by atoms with Gasteiger partial charge in [-0.05, 0) is 42.2 Å². The van der Waals surface area contributed by atoms with Gasteiger partial charge in [0, 0.05) is 42.2 Å². The molecule has 0 bridgehead atoms. The minimum absolute atomic E-state index is 0.447. The molecule has 15 heavy (non-hydrogen) atoms. The van der Waals surface area contributed by atoms with Gasteiger partial charge in [0.1, 0.15) is 0 Å². The van der Waals surface area contributed by atoms with Crippen molar-refractivity contribution in [1.29, 1.82) is 0 Å². The summed E-state index contributed by atoms with van der Waals surface area (Å²) in [4.78, 5) is 0. The predicted octanol–water partition coefficient (Wildman–Crippen LogP) is 4.49. The Bertz CT molecular complexity index is 337. The Balaban J connectivity index is 2.25. The minimum atomic E-state index is 0.447. The largest absolute Gasteiger partial charge is 0.287 e. The summed E-state index contributed by atoms with van der Waals surface area (Å²) in [6.07, 6.45) is 6.09. The minimum Gasteiger partial charge on any atom is -0.287 e. The zero-order chi connectivity index (χ0) is 11.1. The Hall–Kier alpha value is 0.360. The van der Waals surface area contributed by atoms with E-state index >= 15 is 0 Å². The lowest BCUT2D eigenvalue weighted by Crippen LogP contribution is -2.27. The van der Waals surface area contributed by atoms with Crippen molar-refractivity contribution in [2.75, 3.05) is 0 Å². The number of hydrogen-bond acceptors (Lipinski definition) is 1. The predicted molar refractivity (Wildman–Crippen MR) is 76.4 cm³/mol. The van der Waals surface area contributed by atoms with Gasteiger partial charge in [0.15, 0.2) is 0 Å². The second kappa shape index (κ2) is 4.32. The third-order valence-electron chi connectivity index (χ3n) is 3.55. The Labute approximate surface area is 109 Å². The molecule has 1 atom stereocenters. The van der Waals surface area contributed by atoms with Crippen LogP contribution in [-0.2, 0) is 12.8 Å². The fourth-order valence-corrected chi connectivity index (χ4v) is 3.89. The van der Waals surface area contributed by atoms with E-state index < -0.39 is 0 Å². The second-order valence-electron chi connectivity index (χ2n) is 5.49. The van der Waals surface area contributed by atoms with Gasteiger partial charge in [0.2, 0.25) is 0 Å². The molecule has 0 spiro atoms. The zero-order valence-electron chi connectivity index (χ0n) is 9.59. The number of aromatic nitrogens is 1. The van der Waals surface area contributed by atoms with Gasteiger partial charge >= 0.3 is 0 Å². The van der Waals surface area contributed by atoms with E-state index in [-0.39, 0.29) is 0 Å². The van der Waals surface area contributed by atoms with Crippen LogP contribution in [0.1, 0.15) is 38.4 Å². The monoisotopic (exact) mass is 335 g/mol. The average Bonchev–Trinajstić information content (AvgIpc) is 2.57. The summed E-state index contributed by atoms with van der Waals surface area (Å²) in [6.45, 7) is 7.10. The number of fused-ring (bicyclic) bond motifs is 1. The molecule has 1 aliphatic carbocycles. The van der Waals surface area contributed by atoms with Gasteiger partial charge in [-0.1, -0.05) is 20.8 Å². The van der Waals surface area contributed by atoms with Crippen LogP contribution in [0.4, 0.5) is 0 Å². The molecule has 0 aliphatic heterocycles. The van der Waals surface area contributed by atoms with Gasteiger partial charge in [-0.15, -0.1) is 0 Å².